The van der Waals surface area contributed by atoms with Crippen LogP contribution >= 0.6 is 15.9 Å². The van der Waals surface area contributed by atoms with Gasteiger partial charge in [0.2, 0.25) is 0 Å². The Labute approximate surface area is 131 Å². The molecule has 0 saturated heterocycles. The van der Waals surface area contributed by atoms with Gasteiger partial charge in [0.15, 0.2) is 5.78 Å². The summed E-state index contributed by atoms with van der Waals surface area (Å²) in [6.45, 7) is 4.18. The molecule has 0 atom stereocenters. The Hall–Kier alpha value is -1.95. The molecular formula is C15H16BrNO4. The van der Waals surface area contributed by atoms with E-state index in [4.69, 9.17) is 4.74 Å². The highest BCUT2D eigenvalue weighted by molar-refractivity contribution is 9.10. The predicted molar refractivity (Wildman–Crippen MR) is 83.8 cm³/mol. The monoisotopic (exact) mass is 353 g/mol. The number of carbonyl (C=O) groups excluding carboxylic acids is 2. The maximum Gasteiger partial charge on any atom is 0.302 e. The van der Waals surface area contributed by atoms with E-state index in [0.717, 1.165) is 4.47 Å². The summed E-state index contributed by atoms with van der Waals surface area (Å²) in [5, 5.41) is 9.44. The van der Waals surface area contributed by atoms with E-state index in [9.17, 15) is 14.7 Å². The summed E-state index contributed by atoms with van der Waals surface area (Å²) in [7, 11) is 0. The number of ether oxygens (including phenoxy) is 1. The molecule has 5 nitrogen and oxygen atoms in total. The van der Waals surface area contributed by atoms with Crippen LogP contribution < -0.4 is 0 Å². The van der Waals surface area contributed by atoms with Crippen molar-refractivity contribution < 1.29 is 19.4 Å². The van der Waals surface area contributed by atoms with Gasteiger partial charge in [-0.25, -0.2) is 0 Å². The number of halogens is 1. The molecule has 6 heteroatoms. The van der Waals surface area contributed by atoms with Gasteiger partial charge in [-0.3, -0.25) is 14.6 Å². The van der Waals surface area contributed by atoms with E-state index in [-0.39, 0.29) is 29.7 Å². The number of rotatable bonds is 5. The third kappa shape index (κ3) is 5.51. The zero-order valence-corrected chi connectivity index (χ0v) is 13.6. The molecule has 0 fully saturated rings. The van der Waals surface area contributed by atoms with Crippen molar-refractivity contribution in [2.45, 2.75) is 27.4 Å². The normalized spacial score (nSPS) is 12.2. The van der Waals surface area contributed by atoms with Crippen LogP contribution in [0.15, 0.2) is 39.0 Å². The molecule has 0 unspecified atom stereocenters. The number of ketones is 1. The van der Waals surface area contributed by atoms with Crippen LogP contribution in [0.1, 0.15) is 26.3 Å². The Bertz CT molecular complexity index is 616. The largest absolute Gasteiger partial charge is 0.512 e. The van der Waals surface area contributed by atoms with Crippen molar-refractivity contribution in [1.29, 1.82) is 0 Å². The molecule has 0 saturated carbocycles. The molecular weight excluding hydrogens is 338 g/mol. The smallest absolute Gasteiger partial charge is 0.302 e. The van der Waals surface area contributed by atoms with Crippen LogP contribution in [0.25, 0.3) is 0 Å². The van der Waals surface area contributed by atoms with E-state index in [0.29, 0.717) is 11.3 Å². The van der Waals surface area contributed by atoms with Gasteiger partial charge in [0.05, 0.1) is 11.3 Å². The topological polar surface area (TPSA) is 76.0 Å². The summed E-state index contributed by atoms with van der Waals surface area (Å²) in [5.74, 6) is -0.761. The fraction of sp³-hybridized carbons (Fsp3) is 0.267. The number of Topliss-reactive ketones (excluding diaryl/α,β-unsaturated/α-hetero) is 1. The first-order valence-corrected chi connectivity index (χ1v) is 6.97. The predicted octanol–water partition coefficient (Wildman–Crippen LogP) is 3.64. The molecule has 0 radical (unpaired) electrons. The lowest BCUT2D eigenvalue weighted by Gasteiger charge is -2.07. The maximum absolute atomic E-state index is 11.4. The standard InChI is InChI=1S/C15H16BrNO4/c1-9(18)14(10(2)19)7-17-15-5-4-13(16)6-12(15)8-21-11(3)20/h4-7,18H,8H2,1-3H3/b14-9+,17-7?. The molecule has 0 amide bonds. The Morgan fingerprint density at radius 3 is 2.52 bits per heavy atom. The lowest BCUT2D eigenvalue weighted by molar-refractivity contribution is -0.142. The van der Waals surface area contributed by atoms with E-state index in [2.05, 4.69) is 20.9 Å². The van der Waals surface area contributed by atoms with Crippen LogP contribution in [0.3, 0.4) is 0 Å². The number of aliphatic hydroxyl groups excluding tert-OH is 1. The molecule has 21 heavy (non-hydrogen) atoms. The van der Waals surface area contributed by atoms with E-state index in [1.54, 1.807) is 18.2 Å². The molecule has 1 aromatic carbocycles. The summed E-state index contributed by atoms with van der Waals surface area (Å²) < 4.78 is 5.79. The Kier molecular flexibility index (Phi) is 6.30. The number of nitrogens with zero attached hydrogens (tertiary/aromatic N) is 1. The van der Waals surface area contributed by atoms with E-state index in [1.165, 1.54) is 27.0 Å². The molecule has 1 N–H and O–H groups in total. The molecule has 0 aliphatic heterocycles. The van der Waals surface area contributed by atoms with Crippen molar-refractivity contribution >= 4 is 39.6 Å². The molecule has 0 aromatic heterocycles. The zero-order chi connectivity index (χ0) is 16.0. The first kappa shape index (κ1) is 17.1. The second-order valence-electron chi connectivity index (χ2n) is 4.37. The number of esters is 1. The van der Waals surface area contributed by atoms with Gasteiger partial charge in [0.25, 0.3) is 0 Å². The minimum absolute atomic E-state index is 0.0820. The minimum atomic E-state index is -0.388. The molecule has 1 rings (SSSR count). The van der Waals surface area contributed by atoms with Gasteiger partial charge < -0.3 is 9.84 Å². The van der Waals surface area contributed by atoms with Gasteiger partial charge >= 0.3 is 5.97 Å². The highest BCUT2D eigenvalue weighted by Gasteiger charge is 2.07. The number of allylic oxidation sites excluding steroid dienone is 2. The van der Waals surface area contributed by atoms with Crippen LogP contribution in [0, 0.1) is 0 Å². The fourth-order valence-electron chi connectivity index (χ4n) is 1.55. The zero-order valence-electron chi connectivity index (χ0n) is 12.0. The van der Waals surface area contributed by atoms with Gasteiger partial charge in [-0.15, -0.1) is 0 Å². The third-order valence-corrected chi connectivity index (χ3v) is 3.07. The lowest BCUT2D eigenvalue weighted by Crippen LogP contribution is -2.02. The van der Waals surface area contributed by atoms with Gasteiger partial charge in [0.1, 0.15) is 12.4 Å². The van der Waals surface area contributed by atoms with Crippen LogP contribution in [-0.2, 0) is 20.9 Å². The highest BCUT2D eigenvalue weighted by Crippen LogP contribution is 2.24. The first-order valence-electron chi connectivity index (χ1n) is 6.18. The average Bonchev–Trinajstić information content (AvgIpc) is 2.37. The van der Waals surface area contributed by atoms with Gasteiger partial charge in [-0.1, -0.05) is 15.9 Å². The Morgan fingerprint density at radius 1 is 1.33 bits per heavy atom. The molecule has 1 aromatic rings. The molecule has 112 valence electrons. The number of hydrogen-bond donors (Lipinski definition) is 1. The number of carbonyl (C=O) groups is 2. The number of aliphatic hydroxyl groups is 1. The molecule has 0 bridgehead atoms. The van der Waals surface area contributed by atoms with Crippen molar-refractivity contribution in [3.8, 4) is 0 Å². The minimum Gasteiger partial charge on any atom is -0.512 e. The number of aliphatic imine (C=N–C) groups is 1. The maximum atomic E-state index is 11.4. The number of hydrogen-bond acceptors (Lipinski definition) is 5. The van der Waals surface area contributed by atoms with Gasteiger partial charge in [-0.05, 0) is 32.0 Å². The molecule has 0 aliphatic carbocycles. The van der Waals surface area contributed by atoms with Gasteiger partial charge in [0, 0.05) is 23.2 Å². The summed E-state index contributed by atoms with van der Waals surface area (Å²) in [6, 6.07) is 5.29. The third-order valence-electron chi connectivity index (χ3n) is 2.57. The van der Waals surface area contributed by atoms with Crippen molar-refractivity contribution in [3.63, 3.8) is 0 Å². The summed E-state index contributed by atoms with van der Waals surface area (Å²) in [5.41, 5.74) is 1.38. The Morgan fingerprint density at radius 2 is 2.00 bits per heavy atom. The van der Waals surface area contributed by atoms with Crippen molar-refractivity contribution in [2.24, 2.45) is 4.99 Å². The molecule has 0 aliphatic rings. The van der Waals surface area contributed by atoms with E-state index in [1.807, 2.05) is 0 Å². The highest BCUT2D eigenvalue weighted by atomic mass is 79.9. The Balaban J connectivity index is 3.10. The lowest BCUT2D eigenvalue weighted by atomic mass is 10.1. The first-order chi connectivity index (χ1) is 9.81. The van der Waals surface area contributed by atoms with Crippen molar-refractivity contribution in [3.05, 3.63) is 39.6 Å². The van der Waals surface area contributed by atoms with Crippen LogP contribution in [0.2, 0.25) is 0 Å². The molecule has 0 spiro atoms. The second-order valence-corrected chi connectivity index (χ2v) is 5.28. The SMILES string of the molecule is CC(=O)OCc1cc(Br)ccc1N=C/C(C(C)=O)=C(/C)O. The van der Waals surface area contributed by atoms with Crippen molar-refractivity contribution in [2.75, 3.05) is 0 Å². The average molecular weight is 354 g/mol. The van der Waals surface area contributed by atoms with Crippen LogP contribution in [0.5, 0.6) is 0 Å². The number of benzene rings is 1. The van der Waals surface area contributed by atoms with Gasteiger partial charge in [-0.2, -0.15) is 0 Å². The summed E-state index contributed by atoms with van der Waals surface area (Å²) in [4.78, 5) is 26.5. The van der Waals surface area contributed by atoms with Crippen LogP contribution in [-0.4, -0.2) is 23.1 Å². The van der Waals surface area contributed by atoms with Crippen molar-refractivity contribution in [1.82, 2.24) is 0 Å². The fourth-order valence-corrected chi connectivity index (χ4v) is 1.96. The second kappa shape index (κ2) is 7.73. The van der Waals surface area contributed by atoms with E-state index >= 15 is 0 Å². The summed E-state index contributed by atoms with van der Waals surface area (Å²) in [6.07, 6.45) is 1.30. The summed E-state index contributed by atoms with van der Waals surface area (Å²) >= 11 is 3.33. The quantitative estimate of drug-likeness (QED) is 0.379. The van der Waals surface area contributed by atoms with E-state index < -0.39 is 0 Å². The molecule has 0 heterocycles. The van der Waals surface area contributed by atoms with Crippen LogP contribution in [0.4, 0.5) is 5.69 Å².